The van der Waals surface area contributed by atoms with Gasteiger partial charge in [0, 0.05) is 10.0 Å². The molecule has 0 saturated heterocycles. The summed E-state index contributed by atoms with van der Waals surface area (Å²) in [6, 6.07) is 10.0. The second kappa shape index (κ2) is 6.35. The van der Waals surface area contributed by atoms with Crippen LogP contribution in [0.25, 0.3) is 0 Å². The minimum atomic E-state index is -0.0277. The molecule has 2 aromatic rings. The summed E-state index contributed by atoms with van der Waals surface area (Å²) in [5.41, 5.74) is 5.97. The predicted octanol–water partition coefficient (Wildman–Crippen LogP) is 4.64. The molecule has 2 rings (SSSR count). The van der Waals surface area contributed by atoms with Crippen LogP contribution in [0.4, 0.5) is 0 Å². The minimum Gasteiger partial charge on any atom is -0.454 e. The highest BCUT2D eigenvalue weighted by molar-refractivity contribution is 9.10. The maximum atomic E-state index is 8.61. The van der Waals surface area contributed by atoms with Gasteiger partial charge in [-0.3, -0.25) is 0 Å². The monoisotopic (exact) mass is 374 g/mol. The zero-order valence-electron chi connectivity index (χ0n) is 9.98. The zero-order valence-corrected chi connectivity index (χ0v) is 13.1. The summed E-state index contributed by atoms with van der Waals surface area (Å²) in [6.07, 6.45) is 0. The van der Waals surface area contributed by atoms with Gasteiger partial charge in [-0.2, -0.15) is 0 Å². The molecule has 0 bridgehead atoms. The summed E-state index contributed by atoms with van der Waals surface area (Å²) in [7, 11) is 0. The topological polar surface area (TPSA) is 67.8 Å². The molecule has 104 valence electrons. The second-order valence-electron chi connectivity index (χ2n) is 3.81. The van der Waals surface area contributed by atoms with Crippen LogP contribution in [0.3, 0.4) is 0 Å². The van der Waals surface area contributed by atoms with Gasteiger partial charge < -0.3 is 15.7 Å². The molecule has 3 N–H and O–H groups in total. The van der Waals surface area contributed by atoms with Crippen molar-refractivity contribution >= 4 is 45.0 Å². The first kappa shape index (κ1) is 15.0. The van der Waals surface area contributed by atoms with E-state index < -0.39 is 0 Å². The molecular weight excluding hydrogens is 367 g/mol. The second-order valence-corrected chi connectivity index (χ2v) is 5.54. The Balaban J connectivity index is 2.30. The molecule has 0 saturated carbocycles. The molecule has 0 aliphatic rings. The smallest absolute Gasteiger partial charge is 0.170 e. The van der Waals surface area contributed by atoms with Crippen molar-refractivity contribution in [3.05, 3.63) is 56.5 Å². The van der Waals surface area contributed by atoms with E-state index >= 15 is 0 Å². The maximum Gasteiger partial charge on any atom is 0.170 e. The number of halogens is 3. The lowest BCUT2D eigenvalue weighted by molar-refractivity contribution is 0.318. The molecule has 2 aromatic carbocycles. The third kappa shape index (κ3) is 3.36. The highest BCUT2D eigenvalue weighted by Crippen LogP contribution is 2.35. The van der Waals surface area contributed by atoms with Gasteiger partial charge in [0.15, 0.2) is 5.84 Å². The van der Waals surface area contributed by atoms with E-state index in [2.05, 4.69) is 21.1 Å². The van der Waals surface area contributed by atoms with E-state index in [9.17, 15) is 0 Å². The zero-order chi connectivity index (χ0) is 14.7. The number of nitrogens with zero attached hydrogens (tertiary/aromatic N) is 1. The summed E-state index contributed by atoms with van der Waals surface area (Å²) >= 11 is 15.5. The van der Waals surface area contributed by atoms with Crippen LogP contribution in [0.5, 0.6) is 11.5 Å². The van der Waals surface area contributed by atoms with Crippen molar-refractivity contribution in [2.75, 3.05) is 0 Å². The fourth-order valence-electron chi connectivity index (χ4n) is 1.48. The highest BCUT2D eigenvalue weighted by atomic mass is 79.9. The molecule has 0 unspecified atom stereocenters. The number of ether oxygens (including phenoxy) is 1. The van der Waals surface area contributed by atoms with E-state index in [1.807, 2.05) is 0 Å². The number of rotatable bonds is 3. The van der Waals surface area contributed by atoms with Crippen molar-refractivity contribution < 1.29 is 9.94 Å². The van der Waals surface area contributed by atoms with Gasteiger partial charge in [-0.05, 0) is 36.4 Å². The molecule has 0 amide bonds. The van der Waals surface area contributed by atoms with Gasteiger partial charge in [0.2, 0.25) is 0 Å². The number of nitrogens with two attached hydrogens (primary N) is 1. The molecule has 0 spiro atoms. The van der Waals surface area contributed by atoms with Crippen LogP contribution in [0.2, 0.25) is 10.0 Å². The van der Waals surface area contributed by atoms with Crippen molar-refractivity contribution in [3.8, 4) is 11.5 Å². The first-order valence-corrected chi connectivity index (χ1v) is 6.96. The average molecular weight is 376 g/mol. The summed E-state index contributed by atoms with van der Waals surface area (Å²) in [5.74, 6) is 0.874. The quantitative estimate of drug-likeness (QED) is 0.355. The highest BCUT2D eigenvalue weighted by Gasteiger charge is 2.09. The van der Waals surface area contributed by atoms with Crippen LogP contribution in [0.15, 0.2) is 46.0 Å². The number of amidine groups is 1. The molecule has 4 nitrogen and oxygen atoms in total. The summed E-state index contributed by atoms with van der Waals surface area (Å²) in [5, 5.41) is 12.3. The summed E-state index contributed by atoms with van der Waals surface area (Å²) in [6.45, 7) is 0. The van der Waals surface area contributed by atoms with Crippen LogP contribution in [-0.2, 0) is 0 Å². The lowest BCUT2D eigenvalue weighted by Gasteiger charge is -2.10. The Morgan fingerprint density at radius 3 is 2.25 bits per heavy atom. The van der Waals surface area contributed by atoms with Crippen molar-refractivity contribution in [3.63, 3.8) is 0 Å². The Bertz CT molecular complexity index is 677. The molecule has 0 aliphatic heterocycles. The van der Waals surface area contributed by atoms with E-state index in [4.69, 9.17) is 38.9 Å². The van der Waals surface area contributed by atoms with E-state index in [0.717, 1.165) is 4.47 Å². The van der Waals surface area contributed by atoms with Gasteiger partial charge in [0.1, 0.15) is 11.5 Å². The molecule has 0 atom stereocenters. The molecule has 0 heterocycles. The van der Waals surface area contributed by atoms with E-state index in [-0.39, 0.29) is 5.84 Å². The minimum absolute atomic E-state index is 0.0277. The first-order valence-electron chi connectivity index (χ1n) is 5.41. The molecule has 0 fully saturated rings. The van der Waals surface area contributed by atoms with E-state index in [1.54, 1.807) is 36.4 Å². The third-order valence-electron chi connectivity index (χ3n) is 2.45. The van der Waals surface area contributed by atoms with Crippen molar-refractivity contribution in [2.24, 2.45) is 10.9 Å². The van der Waals surface area contributed by atoms with Crippen LogP contribution >= 0.6 is 39.1 Å². The SMILES string of the molecule is NC(=NO)c1ccc(Oc2ccc(Br)cc2Cl)c(Cl)c1. The molecule has 7 heteroatoms. The largest absolute Gasteiger partial charge is 0.454 e. The summed E-state index contributed by atoms with van der Waals surface area (Å²) < 4.78 is 6.49. The van der Waals surface area contributed by atoms with Gasteiger partial charge in [0.25, 0.3) is 0 Å². The van der Waals surface area contributed by atoms with Crippen LogP contribution < -0.4 is 10.5 Å². The van der Waals surface area contributed by atoms with Crippen molar-refractivity contribution in [2.45, 2.75) is 0 Å². The van der Waals surface area contributed by atoms with Crippen molar-refractivity contribution in [1.29, 1.82) is 0 Å². The van der Waals surface area contributed by atoms with Crippen molar-refractivity contribution in [1.82, 2.24) is 0 Å². The lowest BCUT2D eigenvalue weighted by Crippen LogP contribution is -2.12. The third-order valence-corrected chi connectivity index (χ3v) is 3.53. The van der Waals surface area contributed by atoms with Gasteiger partial charge in [0.05, 0.1) is 10.0 Å². The van der Waals surface area contributed by atoms with E-state index in [0.29, 0.717) is 27.1 Å². The maximum absolute atomic E-state index is 8.61. The average Bonchev–Trinajstić information content (AvgIpc) is 2.42. The predicted molar refractivity (Wildman–Crippen MR) is 83.2 cm³/mol. The summed E-state index contributed by atoms with van der Waals surface area (Å²) in [4.78, 5) is 0. The standard InChI is InChI=1S/C13H9BrCl2N2O2/c14-8-2-4-12(10(16)6-8)20-11-3-1-7(5-9(11)15)13(17)18-19/h1-6,19H,(H2,17,18). The Morgan fingerprint density at radius 2 is 1.70 bits per heavy atom. The molecule has 20 heavy (non-hydrogen) atoms. The lowest BCUT2D eigenvalue weighted by atomic mass is 10.2. The number of hydrogen-bond donors (Lipinski definition) is 2. The molecule has 0 aromatic heterocycles. The number of oxime groups is 1. The van der Waals surface area contributed by atoms with Gasteiger partial charge in [-0.25, -0.2) is 0 Å². The fraction of sp³-hybridized carbons (Fsp3) is 0. The molecule has 0 aliphatic carbocycles. The van der Waals surface area contributed by atoms with E-state index in [1.165, 1.54) is 0 Å². The van der Waals surface area contributed by atoms with Crippen LogP contribution in [0, 0.1) is 0 Å². The Hall–Kier alpha value is -1.43. The van der Waals surface area contributed by atoms with Crippen LogP contribution in [0.1, 0.15) is 5.56 Å². The fourth-order valence-corrected chi connectivity index (χ4v) is 2.41. The Morgan fingerprint density at radius 1 is 1.10 bits per heavy atom. The Kier molecular flexibility index (Phi) is 4.75. The van der Waals surface area contributed by atoms with Crippen LogP contribution in [-0.4, -0.2) is 11.0 Å². The molecule has 0 radical (unpaired) electrons. The number of hydrogen-bond acceptors (Lipinski definition) is 3. The first-order chi connectivity index (χ1) is 9.51. The van der Waals surface area contributed by atoms with Gasteiger partial charge >= 0.3 is 0 Å². The number of benzene rings is 2. The molecular formula is C13H9BrCl2N2O2. The van der Waals surface area contributed by atoms with Gasteiger partial charge in [-0.15, -0.1) is 0 Å². The Labute approximate surface area is 133 Å². The normalized spacial score (nSPS) is 11.4. The van der Waals surface area contributed by atoms with Gasteiger partial charge in [-0.1, -0.05) is 44.3 Å².